The van der Waals surface area contributed by atoms with Gasteiger partial charge in [-0.05, 0) is 25.7 Å². The van der Waals surface area contributed by atoms with Gasteiger partial charge in [-0.1, -0.05) is 13.3 Å². The predicted molar refractivity (Wildman–Crippen MR) is 51.2 cm³/mol. The van der Waals surface area contributed by atoms with Gasteiger partial charge in [0.15, 0.2) is 0 Å². The molecule has 1 aliphatic rings. The molecule has 0 bridgehead atoms. The van der Waals surface area contributed by atoms with Gasteiger partial charge in [-0.15, -0.1) is 0 Å². The minimum atomic E-state index is 0.0816. The van der Waals surface area contributed by atoms with Gasteiger partial charge < -0.3 is 10.4 Å². The van der Waals surface area contributed by atoms with Crippen LogP contribution < -0.4 is 5.32 Å². The molecule has 1 rings (SSSR count). The highest BCUT2D eigenvalue weighted by molar-refractivity contribution is 5.79. The monoisotopic (exact) mass is 185 g/mol. The summed E-state index contributed by atoms with van der Waals surface area (Å²) in [7, 11) is 0. The molecule has 2 N–H and O–H groups in total. The van der Waals surface area contributed by atoms with Gasteiger partial charge in [0.05, 0.1) is 0 Å². The van der Waals surface area contributed by atoms with Gasteiger partial charge in [0, 0.05) is 18.6 Å². The van der Waals surface area contributed by atoms with E-state index >= 15 is 0 Å². The van der Waals surface area contributed by atoms with Gasteiger partial charge in [0.1, 0.15) is 0 Å². The Hall–Kier alpha value is -0.570. The van der Waals surface area contributed by atoms with E-state index in [1.165, 1.54) is 6.42 Å². The van der Waals surface area contributed by atoms with Crippen molar-refractivity contribution in [2.45, 2.75) is 39.2 Å². The van der Waals surface area contributed by atoms with Crippen molar-refractivity contribution >= 4 is 5.91 Å². The lowest BCUT2D eigenvalue weighted by Crippen LogP contribution is -2.43. The highest BCUT2D eigenvalue weighted by Gasteiger charge is 2.26. The fraction of sp³-hybridized carbons (Fsp3) is 0.900. The number of amides is 1. The molecular weight excluding hydrogens is 166 g/mol. The lowest BCUT2D eigenvalue weighted by molar-refractivity contribution is -0.128. The predicted octanol–water partition coefficient (Wildman–Crippen LogP) is 0.920. The van der Waals surface area contributed by atoms with Crippen LogP contribution in [0, 0.1) is 11.8 Å². The van der Waals surface area contributed by atoms with Crippen LogP contribution in [0.3, 0.4) is 0 Å². The summed E-state index contributed by atoms with van der Waals surface area (Å²) in [5, 5.41) is 11.8. The first-order chi connectivity index (χ1) is 6.15. The number of hydrogen-bond acceptors (Lipinski definition) is 2. The molecule has 0 spiro atoms. The van der Waals surface area contributed by atoms with Crippen LogP contribution in [0.25, 0.3) is 0 Å². The van der Waals surface area contributed by atoms with Crippen molar-refractivity contribution in [1.29, 1.82) is 0 Å². The van der Waals surface area contributed by atoms with Gasteiger partial charge in [-0.2, -0.15) is 0 Å². The largest absolute Gasteiger partial charge is 0.396 e. The first kappa shape index (κ1) is 10.5. The van der Waals surface area contributed by atoms with Crippen molar-refractivity contribution in [1.82, 2.24) is 5.32 Å². The Morgan fingerprint density at radius 3 is 2.54 bits per heavy atom. The second-order valence-corrected chi connectivity index (χ2v) is 4.08. The molecular formula is C10H19NO2. The van der Waals surface area contributed by atoms with Crippen LogP contribution in [-0.4, -0.2) is 23.7 Å². The summed E-state index contributed by atoms with van der Waals surface area (Å²) < 4.78 is 0. The summed E-state index contributed by atoms with van der Waals surface area (Å²) in [6.45, 7) is 4.01. The van der Waals surface area contributed by atoms with Crippen molar-refractivity contribution in [3.63, 3.8) is 0 Å². The molecule has 3 nitrogen and oxygen atoms in total. The average Bonchev–Trinajstić information content (AvgIpc) is 1.99. The summed E-state index contributed by atoms with van der Waals surface area (Å²) in [6, 6.07) is 0.0816. The molecule has 1 saturated carbocycles. The third-order valence-electron chi connectivity index (χ3n) is 2.99. The number of carbonyl (C=O) groups excluding carboxylic acids is 1. The van der Waals surface area contributed by atoms with Crippen molar-refractivity contribution < 1.29 is 9.90 Å². The van der Waals surface area contributed by atoms with Crippen LogP contribution in [-0.2, 0) is 4.79 Å². The minimum absolute atomic E-state index is 0.0816. The number of aliphatic hydroxyl groups excluding tert-OH is 1. The van der Waals surface area contributed by atoms with Crippen LogP contribution in [0.4, 0.5) is 0 Å². The Morgan fingerprint density at radius 1 is 1.54 bits per heavy atom. The van der Waals surface area contributed by atoms with E-state index in [1.807, 2.05) is 13.8 Å². The molecule has 0 radical (unpaired) electrons. The Balaban J connectivity index is 2.26. The maximum absolute atomic E-state index is 11.5. The molecule has 2 unspecified atom stereocenters. The topological polar surface area (TPSA) is 49.3 Å². The van der Waals surface area contributed by atoms with Gasteiger partial charge in [0.2, 0.25) is 5.91 Å². The van der Waals surface area contributed by atoms with Crippen LogP contribution in [0.5, 0.6) is 0 Å². The fourth-order valence-corrected chi connectivity index (χ4v) is 1.31. The molecule has 1 aliphatic carbocycles. The number of nitrogens with one attached hydrogen (secondary N) is 1. The first-order valence-electron chi connectivity index (χ1n) is 5.06. The second kappa shape index (κ2) is 4.61. The second-order valence-electron chi connectivity index (χ2n) is 4.08. The molecule has 3 heteroatoms. The number of aliphatic hydroxyl groups is 1. The maximum atomic E-state index is 11.5. The lowest BCUT2D eigenvalue weighted by Gasteiger charge is -2.27. The zero-order chi connectivity index (χ0) is 9.84. The Bertz CT molecular complexity index is 178. The highest BCUT2D eigenvalue weighted by atomic mass is 16.3. The quantitative estimate of drug-likeness (QED) is 0.684. The average molecular weight is 185 g/mol. The molecule has 0 aliphatic heterocycles. The molecule has 0 aromatic rings. The molecule has 0 heterocycles. The van der Waals surface area contributed by atoms with E-state index in [1.54, 1.807) is 0 Å². The standard InChI is InChI=1S/C10H19NO2/c1-7(6-12)8(2)11-10(13)9-4-3-5-9/h7-9,12H,3-6H2,1-2H3,(H,11,13). The molecule has 1 amide bonds. The maximum Gasteiger partial charge on any atom is 0.223 e. The third kappa shape index (κ3) is 2.69. The summed E-state index contributed by atoms with van der Waals surface area (Å²) in [6.07, 6.45) is 3.25. The van der Waals surface area contributed by atoms with Crippen LogP contribution >= 0.6 is 0 Å². The Kier molecular flexibility index (Phi) is 3.72. The van der Waals surface area contributed by atoms with Crippen molar-refractivity contribution in [3.8, 4) is 0 Å². The van der Waals surface area contributed by atoms with E-state index in [0.29, 0.717) is 0 Å². The molecule has 1 fully saturated rings. The molecule has 2 atom stereocenters. The van der Waals surface area contributed by atoms with E-state index < -0.39 is 0 Å². The van der Waals surface area contributed by atoms with Gasteiger partial charge in [-0.25, -0.2) is 0 Å². The smallest absolute Gasteiger partial charge is 0.223 e. The van der Waals surface area contributed by atoms with E-state index in [4.69, 9.17) is 5.11 Å². The van der Waals surface area contributed by atoms with Crippen molar-refractivity contribution in [2.75, 3.05) is 6.61 Å². The summed E-state index contributed by atoms with van der Waals surface area (Å²) in [5.41, 5.74) is 0. The Morgan fingerprint density at radius 2 is 2.15 bits per heavy atom. The molecule has 13 heavy (non-hydrogen) atoms. The van der Waals surface area contributed by atoms with Crippen LogP contribution in [0.2, 0.25) is 0 Å². The molecule has 0 aromatic carbocycles. The fourth-order valence-electron chi connectivity index (χ4n) is 1.31. The SMILES string of the molecule is CC(CO)C(C)NC(=O)C1CCC1. The molecule has 76 valence electrons. The van der Waals surface area contributed by atoms with E-state index in [2.05, 4.69) is 5.32 Å². The Labute approximate surface area is 79.5 Å². The number of carbonyl (C=O) groups is 1. The van der Waals surface area contributed by atoms with Crippen molar-refractivity contribution in [2.24, 2.45) is 11.8 Å². The zero-order valence-corrected chi connectivity index (χ0v) is 8.42. The van der Waals surface area contributed by atoms with Gasteiger partial charge in [0.25, 0.3) is 0 Å². The van der Waals surface area contributed by atoms with Crippen LogP contribution in [0.15, 0.2) is 0 Å². The molecule has 0 aromatic heterocycles. The summed E-state index contributed by atoms with van der Waals surface area (Å²) >= 11 is 0. The normalized spacial score (nSPS) is 21.8. The lowest BCUT2D eigenvalue weighted by atomic mass is 9.84. The number of hydrogen-bond donors (Lipinski definition) is 2. The summed E-state index contributed by atoms with van der Waals surface area (Å²) in [5.74, 6) is 0.552. The van der Waals surface area contributed by atoms with Gasteiger partial charge >= 0.3 is 0 Å². The first-order valence-corrected chi connectivity index (χ1v) is 5.06. The van der Waals surface area contributed by atoms with E-state index in [-0.39, 0.29) is 30.4 Å². The van der Waals surface area contributed by atoms with E-state index in [9.17, 15) is 4.79 Å². The highest BCUT2D eigenvalue weighted by Crippen LogP contribution is 2.26. The van der Waals surface area contributed by atoms with Gasteiger partial charge in [-0.3, -0.25) is 4.79 Å². The van der Waals surface area contributed by atoms with Crippen molar-refractivity contribution in [3.05, 3.63) is 0 Å². The third-order valence-corrected chi connectivity index (χ3v) is 2.99. The van der Waals surface area contributed by atoms with E-state index in [0.717, 1.165) is 12.8 Å². The minimum Gasteiger partial charge on any atom is -0.396 e. The number of rotatable bonds is 4. The zero-order valence-electron chi connectivity index (χ0n) is 8.42. The molecule has 0 saturated heterocycles. The summed E-state index contributed by atoms with van der Waals surface area (Å²) in [4.78, 5) is 11.5. The van der Waals surface area contributed by atoms with Crippen LogP contribution in [0.1, 0.15) is 33.1 Å².